The van der Waals surface area contributed by atoms with E-state index < -0.39 is 6.09 Å². The number of anilines is 3. The molecule has 4 rings (SSSR count). The molecule has 0 aliphatic carbocycles. The Balaban J connectivity index is 1.69. The zero-order valence-electron chi connectivity index (χ0n) is 17.5. The smallest absolute Gasteiger partial charge is 0.411 e. The third-order valence-corrected chi connectivity index (χ3v) is 5.80. The molecule has 1 saturated heterocycles. The van der Waals surface area contributed by atoms with Gasteiger partial charge in [0.05, 0.1) is 24.5 Å². The van der Waals surface area contributed by atoms with E-state index in [0.717, 1.165) is 55.7 Å². The number of hydrogen-bond acceptors (Lipinski definition) is 4. The van der Waals surface area contributed by atoms with Gasteiger partial charge >= 0.3 is 6.09 Å². The molecule has 0 radical (unpaired) electrons. The van der Waals surface area contributed by atoms with Crippen LogP contribution in [0, 0.1) is 0 Å². The summed E-state index contributed by atoms with van der Waals surface area (Å²) in [5.74, 6) is 0.0702. The van der Waals surface area contributed by atoms with Gasteiger partial charge in [-0.3, -0.25) is 19.9 Å². The number of nitrogens with one attached hydrogen (secondary N) is 1. The molecule has 2 aliphatic heterocycles. The number of hydrogen-bond donors (Lipinski definition) is 1. The van der Waals surface area contributed by atoms with Gasteiger partial charge in [-0.1, -0.05) is 30.7 Å². The van der Waals surface area contributed by atoms with Gasteiger partial charge < -0.3 is 4.74 Å². The fourth-order valence-corrected chi connectivity index (χ4v) is 4.33. The molecule has 2 amide bonds. The number of likely N-dealkylation sites (tertiary alicyclic amines) is 1. The lowest BCUT2D eigenvalue weighted by atomic mass is 10.0. The maximum Gasteiger partial charge on any atom is 0.411 e. The second-order valence-electron chi connectivity index (χ2n) is 7.88. The van der Waals surface area contributed by atoms with Crippen molar-refractivity contribution in [3.8, 4) is 0 Å². The first-order chi connectivity index (χ1) is 14.7. The van der Waals surface area contributed by atoms with Crippen LogP contribution in [0.3, 0.4) is 0 Å². The Bertz CT molecular complexity index is 922. The lowest BCUT2D eigenvalue weighted by Crippen LogP contribution is -2.40. The molecule has 2 aliphatic rings. The molecule has 0 aromatic heterocycles. The van der Waals surface area contributed by atoms with E-state index >= 15 is 0 Å². The fourth-order valence-electron chi connectivity index (χ4n) is 4.33. The van der Waals surface area contributed by atoms with E-state index in [4.69, 9.17) is 4.74 Å². The molecule has 0 saturated carbocycles. The summed E-state index contributed by atoms with van der Waals surface area (Å²) in [6, 6.07) is 13.9. The van der Waals surface area contributed by atoms with Crippen molar-refractivity contribution in [3.05, 3.63) is 53.6 Å². The molecule has 1 N–H and O–H groups in total. The first kappa shape index (κ1) is 20.4. The topological polar surface area (TPSA) is 61.9 Å². The molecule has 2 heterocycles. The predicted molar refractivity (Wildman–Crippen MR) is 118 cm³/mol. The summed E-state index contributed by atoms with van der Waals surface area (Å²) in [6.45, 7) is 4.43. The average Bonchev–Trinajstić information content (AvgIpc) is 2.91. The van der Waals surface area contributed by atoms with Crippen LogP contribution >= 0.6 is 0 Å². The molecule has 0 unspecified atom stereocenters. The number of piperidine rings is 1. The number of rotatable bonds is 4. The number of aryl methyl sites for hydroxylation is 2. The molecule has 2 aromatic rings. The van der Waals surface area contributed by atoms with Crippen LogP contribution in [0.2, 0.25) is 0 Å². The number of nitrogens with zero attached hydrogens (tertiary/aromatic N) is 2. The second-order valence-corrected chi connectivity index (χ2v) is 7.88. The van der Waals surface area contributed by atoms with Gasteiger partial charge in [0.25, 0.3) is 0 Å². The standard InChI is InChI=1S/C24H29N3O3/c1-2-30-24(29)25-20-13-12-19-11-10-18-8-4-5-9-21(18)27(22(19)16-20)23(28)17-26-14-6-3-7-15-26/h4-5,8-9,12-13,16H,2-3,6-7,10-11,14-15,17H2,1H3,(H,25,29). The highest BCUT2D eigenvalue weighted by Crippen LogP contribution is 2.37. The minimum atomic E-state index is -0.488. The zero-order valence-corrected chi connectivity index (χ0v) is 17.5. The van der Waals surface area contributed by atoms with Crippen molar-refractivity contribution in [2.24, 2.45) is 0 Å². The van der Waals surface area contributed by atoms with Gasteiger partial charge in [-0.05, 0) is 75.0 Å². The molecule has 158 valence electrons. The first-order valence-electron chi connectivity index (χ1n) is 10.9. The number of carbonyl (C=O) groups excluding carboxylic acids is 2. The van der Waals surface area contributed by atoms with Gasteiger partial charge in [-0.15, -0.1) is 0 Å². The second kappa shape index (κ2) is 9.30. The summed E-state index contributed by atoms with van der Waals surface area (Å²) in [6.07, 6.45) is 4.77. The average molecular weight is 408 g/mol. The van der Waals surface area contributed by atoms with Crippen LogP contribution in [0.25, 0.3) is 0 Å². The third-order valence-electron chi connectivity index (χ3n) is 5.80. The Kier molecular flexibility index (Phi) is 6.33. The van der Waals surface area contributed by atoms with Gasteiger partial charge in [-0.2, -0.15) is 0 Å². The van der Waals surface area contributed by atoms with Crippen molar-refractivity contribution < 1.29 is 14.3 Å². The van der Waals surface area contributed by atoms with Crippen LogP contribution in [-0.2, 0) is 22.4 Å². The quantitative estimate of drug-likeness (QED) is 0.810. The molecular formula is C24H29N3O3. The van der Waals surface area contributed by atoms with Crippen molar-refractivity contribution in [2.45, 2.75) is 39.0 Å². The number of benzene rings is 2. The number of ether oxygens (including phenoxy) is 1. The SMILES string of the molecule is CCOC(=O)Nc1ccc2c(c1)N(C(=O)CN1CCCCC1)c1ccccc1CC2. The van der Waals surface area contributed by atoms with Crippen molar-refractivity contribution in [1.82, 2.24) is 4.90 Å². The van der Waals surface area contributed by atoms with Gasteiger partial charge in [0, 0.05) is 5.69 Å². The summed E-state index contributed by atoms with van der Waals surface area (Å²) in [5.41, 5.74) is 4.68. The van der Waals surface area contributed by atoms with Crippen molar-refractivity contribution in [2.75, 3.05) is 36.5 Å². The molecular weight excluding hydrogens is 378 g/mol. The molecule has 2 aromatic carbocycles. The minimum absolute atomic E-state index is 0.0702. The Labute approximate surface area is 177 Å². The van der Waals surface area contributed by atoms with Crippen LogP contribution in [0.4, 0.5) is 21.9 Å². The van der Waals surface area contributed by atoms with Crippen LogP contribution in [-0.4, -0.2) is 43.1 Å². The van der Waals surface area contributed by atoms with Crippen LogP contribution in [0.5, 0.6) is 0 Å². The van der Waals surface area contributed by atoms with E-state index in [9.17, 15) is 9.59 Å². The Morgan fingerprint density at radius 3 is 2.47 bits per heavy atom. The maximum atomic E-state index is 13.6. The lowest BCUT2D eigenvalue weighted by molar-refractivity contribution is -0.119. The highest BCUT2D eigenvalue weighted by atomic mass is 16.5. The van der Waals surface area contributed by atoms with E-state index in [-0.39, 0.29) is 5.91 Å². The van der Waals surface area contributed by atoms with E-state index in [1.54, 1.807) is 6.92 Å². The van der Waals surface area contributed by atoms with Crippen molar-refractivity contribution in [3.63, 3.8) is 0 Å². The summed E-state index contributed by atoms with van der Waals surface area (Å²) in [4.78, 5) is 29.6. The fraction of sp³-hybridized carbons (Fsp3) is 0.417. The molecule has 6 nitrogen and oxygen atoms in total. The van der Waals surface area contributed by atoms with E-state index in [0.29, 0.717) is 18.8 Å². The normalized spacial score (nSPS) is 16.2. The number of para-hydroxylation sites is 1. The summed E-state index contributed by atoms with van der Waals surface area (Å²) < 4.78 is 5.01. The highest BCUT2D eigenvalue weighted by Gasteiger charge is 2.27. The van der Waals surface area contributed by atoms with Gasteiger partial charge in [-0.25, -0.2) is 4.79 Å². The molecule has 30 heavy (non-hydrogen) atoms. The Morgan fingerprint density at radius 1 is 0.967 bits per heavy atom. The van der Waals surface area contributed by atoms with Gasteiger partial charge in [0.1, 0.15) is 0 Å². The van der Waals surface area contributed by atoms with Gasteiger partial charge in [0.15, 0.2) is 0 Å². The van der Waals surface area contributed by atoms with E-state index in [1.165, 1.54) is 12.0 Å². The monoisotopic (exact) mass is 407 g/mol. The van der Waals surface area contributed by atoms with Crippen molar-refractivity contribution >= 4 is 29.1 Å². The molecule has 0 atom stereocenters. The number of fused-ring (bicyclic) bond motifs is 2. The Hall–Kier alpha value is -2.86. The highest BCUT2D eigenvalue weighted by molar-refractivity contribution is 6.04. The van der Waals surface area contributed by atoms with Crippen LogP contribution in [0.1, 0.15) is 37.3 Å². The third kappa shape index (κ3) is 4.49. The largest absolute Gasteiger partial charge is 0.450 e. The summed E-state index contributed by atoms with van der Waals surface area (Å²) >= 11 is 0. The molecule has 0 bridgehead atoms. The zero-order chi connectivity index (χ0) is 20.9. The summed E-state index contributed by atoms with van der Waals surface area (Å²) in [7, 11) is 0. The number of amides is 2. The van der Waals surface area contributed by atoms with Crippen molar-refractivity contribution in [1.29, 1.82) is 0 Å². The van der Waals surface area contributed by atoms with E-state index in [1.807, 2.05) is 41.3 Å². The van der Waals surface area contributed by atoms with Gasteiger partial charge in [0.2, 0.25) is 5.91 Å². The summed E-state index contributed by atoms with van der Waals surface area (Å²) in [5, 5.41) is 2.77. The maximum absolute atomic E-state index is 13.6. The first-order valence-corrected chi connectivity index (χ1v) is 10.9. The lowest BCUT2D eigenvalue weighted by Gasteiger charge is -2.30. The number of carbonyl (C=O) groups is 2. The minimum Gasteiger partial charge on any atom is -0.450 e. The van der Waals surface area contributed by atoms with Crippen LogP contribution in [0.15, 0.2) is 42.5 Å². The Morgan fingerprint density at radius 2 is 1.70 bits per heavy atom. The van der Waals surface area contributed by atoms with Crippen LogP contribution < -0.4 is 10.2 Å². The molecule has 0 spiro atoms. The molecule has 1 fully saturated rings. The van der Waals surface area contributed by atoms with E-state index in [2.05, 4.69) is 16.3 Å². The molecule has 6 heteroatoms. The predicted octanol–water partition coefficient (Wildman–Crippen LogP) is 4.50.